The lowest BCUT2D eigenvalue weighted by atomic mass is 10.1. The first-order chi connectivity index (χ1) is 7.17. The van der Waals surface area contributed by atoms with Gasteiger partial charge in [-0.1, -0.05) is 29.8 Å². The van der Waals surface area contributed by atoms with E-state index in [1.165, 1.54) is 5.56 Å². The fourth-order valence-corrected chi connectivity index (χ4v) is 1.42. The van der Waals surface area contributed by atoms with Crippen LogP contribution in [-0.2, 0) is 11.3 Å². The predicted octanol–water partition coefficient (Wildman–Crippen LogP) is 1.30. The van der Waals surface area contributed by atoms with Crippen LogP contribution in [0.15, 0.2) is 24.3 Å². The lowest BCUT2D eigenvalue weighted by Gasteiger charge is -2.20. The first kappa shape index (κ1) is 11.7. The molecule has 0 unspecified atom stereocenters. The number of carbonyl (C=O) groups excluding carboxylic acids is 1. The van der Waals surface area contributed by atoms with E-state index in [1.54, 1.807) is 4.90 Å². The highest BCUT2D eigenvalue weighted by Gasteiger charge is 2.09. The van der Waals surface area contributed by atoms with Gasteiger partial charge in [0.15, 0.2) is 0 Å². The molecule has 82 valence electrons. The standard InChI is InChI=1S/C12H18N2O/c1-3-14(12(15)8-13)9-11-6-4-10(2)5-7-11/h4-7H,3,8-9,13H2,1-2H3. The SMILES string of the molecule is CCN(Cc1ccc(C)cc1)C(=O)CN. The van der Waals surface area contributed by atoms with Gasteiger partial charge in [0.05, 0.1) is 6.54 Å². The molecule has 3 heteroatoms. The van der Waals surface area contributed by atoms with E-state index in [-0.39, 0.29) is 12.5 Å². The van der Waals surface area contributed by atoms with E-state index < -0.39 is 0 Å². The van der Waals surface area contributed by atoms with Crippen LogP contribution < -0.4 is 5.73 Å². The van der Waals surface area contributed by atoms with E-state index in [4.69, 9.17) is 5.73 Å². The molecule has 0 heterocycles. The summed E-state index contributed by atoms with van der Waals surface area (Å²) in [6, 6.07) is 8.19. The van der Waals surface area contributed by atoms with Gasteiger partial charge >= 0.3 is 0 Å². The van der Waals surface area contributed by atoms with Gasteiger partial charge in [0.25, 0.3) is 0 Å². The van der Waals surface area contributed by atoms with Gasteiger partial charge < -0.3 is 10.6 Å². The Hall–Kier alpha value is -1.35. The summed E-state index contributed by atoms with van der Waals surface area (Å²) in [6.45, 7) is 5.44. The second-order valence-corrected chi connectivity index (χ2v) is 3.60. The summed E-state index contributed by atoms with van der Waals surface area (Å²) in [5.74, 6) is -0.00178. The van der Waals surface area contributed by atoms with Crippen molar-refractivity contribution < 1.29 is 4.79 Å². The summed E-state index contributed by atoms with van der Waals surface area (Å²) in [6.07, 6.45) is 0. The van der Waals surface area contributed by atoms with Crippen molar-refractivity contribution >= 4 is 5.91 Å². The van der Waals surface area contributed by atoms with Crippen molar-refractivity contribution in [3.8, 4) is 0 Å². The van der Waals surface area contributed by atoms with Crippen molar-refractivity contribution in [2.75, 3.05) is 13.1 Å². The zero-order valence-electron chi connectivity index (χ0n) is 9.36. The number of hydrogen-bond donors (Lipinski definition) is 1. The van der Waals surface area contributed by atoms with Crippen molar-refractivity contribution in [1.82, 2.24) is 4.90 Å². The molecule has 0 bridgehead atoms. The van der Waals surface area contributed by atoms with Gasteiger partial charge in [-0.25, -0.2) is 0 Å². The Labute approximate surface area is 90.9 Å². The molecule has 0 saturated carbocycles. The Morgan fingerprint density at radius 1 is 1.33 bits per heavy atom. The molecule has 0 aliphatic rings. The van der Waals surface area contributed by atoms with Crippen LogP contribution in [0, 0.1) is 6.92 Å². The van der Waals surface area contributed by atoms with Gasteiger partial charge in [0.2, 0.25) is 5.91 Å². The zero-order valence-corrected chi connectivity index (χ0v) is 9.36. The van der Waals surface area contributed by atoms with Gasteiger partial charge in [-0.2, -0.15) is 0 Å². The van der Waals surface area contributed by atoms with Crippen molar-refractivity contribution in [1.29, 1.82) is 0 Å². The molecular weight excluding hydrogens is 188 g/mol. The smallest absolute Gasteiger partial charge is 0.236 e. The Balaban J connectivity index is 2.66. The van der Waals surface area contributed by atoms with E-state index in [2.05, 4.69) is 12.1 Å². The third-order valence-electron chi connectivity index (χ3n) is 2.40. The van der Waals surface area contributed by atoms with Crippen LogP contribution in [-0.4, -0.2) is 23.9 Å². The number of nitrogens with two attached hydrogens (primary N) is 1. The maximum atomic E-state index is 11.4. The van der Waals surface area contributed by atoms with Gasteiger partial charge in [-0.3, -0.25) is 4.79 Å². The molecule has 1 aromatic rings. The van der Waals surface area contributed by atoms with Crippen molar-refractivity contribution in [3.63, 3.8) is 0 Å². The summed E-state index contributed by atoms with van der Waals surface area (Å²) in [4.78, 5) is 13.2. The molecule has 0 aromatic heterocycles. The second-order valence-electron chi connectivity index (χ2n) is 3.60. The third-order valence-corrected chi connectivity index (χ3v) is 2.40. The zero-order chi connectivity index (χ0) is 11.3. The fraction of sp³-hybridized carbons (Fsp3) is 0.417. The molecule has 0 spiro atoms. The number of aryl methyl sites for hydroxylation is 1. The van der Waals surface area contributed by atoms with E-state index in [9.17, 15) is 4.79 Å². The normalized spacial score (nSPS) is 10.1. The fourth-order valence-electron chi connectivity index (χ4n) is 1.42. The maximum Gasteiger partial charge on any atom is 0.236 e. The van der Waals surface area contributed by atoms with Crippen molar-refractivity contribution in [2.24, 2.45) is 5.73 Å². The second kappa shape index (κ2) is 5.51. The van der Waals surface area contributed by atoms with Crippen LogP contribution in [0.5, 0.6) is 0 Å². The highest BCUT2D eigenvalue weighted by molar-refractivity contribution is 5.77. The topological polar surface area (TPSA) is 46.3 Å². The van der Waals surface area contributed by atoms with Crippen molar-refractivity contribution in [2.45, 2.75) is 20.4 Å². The highest BCUT2D eigenvalue weighted by atomic mass is 16.2. The van der Waals surface area contributed by atoms with Crippen LogP contribution in [0.3, 0.4) is 0 Å². The van der Waals surface area contributed by atoms with E-state index in [1.807, 2.05) is 26.0 Å². The first-order valence-corrected chi connectivity index (χ1v) is 5.20. The van der Waals surface area contributed by atoms with Gasteiger partial charge in [-0.15, -0.1) is 0 Å². The third kappa shape index (κ3) is 3.36. The summed E-state index contributed by atoms with van der Waals surface area (Å²) < 4.78 is 0. The summed E-state index contributed by atoms with van der Waals surface area (Å²) >= 11 is 0. The first-order valence-electron chi connectivity index (χ1n) is 5.20. The van der Waals surface area contributed by atoms with E-state index in [0.29, 0.717) is 13.1 Å². The lowest BCUT2D eigenvalue weighted by Crippen LogP contribution is -2.35. The van der Waals surface area contributed by atoms with Gasteiger partial charge in [-0.05, 0) is 19.4 Å². The number of benzene rings is 1. The maximum absolute atomic E-state index is 11.4. The average Bonchev–Trinajstić information content (AvgIpc) is 2.27. The van der Waals surface area contributed by atoms with E-state index in [0.717, 1.165) is 5.56 Å². The number of nitrogens with zero attached hydrogens (tertiary/aromatic N) is 1. The Bertz CT molecular complexity index is 319. The molecule has 15 heavy (non-hydrogen) atoms. The Morgan fingerprint density at radius 3 is 2.40 bits per heavy atom. The summed E-state index contributed by atoms with van der Waals surface area (Å²) in [5.41, 5.74) is 7.71. The molecule has 2 N–H and O–H groups in total. The molecule has 0 saturated heterocycles. The molecule has 3 nitrogen and oxygen atoms in total. The number of rotatable bonds is 4. The quantitative estimate of drug-likeness (QED) is 0.807. The minimum absolute atomic E-state index is 0.00178. The van der Waals surface area contributed by atoms with Crippen LogP contribution in [0.2, 0.25) is 0 Å². The number of hydrogen-bond acceptors (Lipinski definition) is 2. The molecule has 1 aromatic carbocycles. The van der Waals surface area contributed by atoms with Crippen LogP contribution in [0.25, 0.3) is 0 Å². The van der Waals surface area contributed by atoms with E-state index >= 15 is 0 Å². The van der Waals surface area contributed by atoms with Crippen LogP contribution in [0.4, 0.5) is 0 Å². The monoisotopic (exact) mass is 206 g/mol. The molecule has 0 atom stereocenters. The lowest BCUT2D eigenvalue weighted by molar-refractivity contribution is -0.130. The summed E-state index contributed by atoms with van der Waals surface area (Å²) in [7, 11) is 0. The molecule has 1 rings (SSSR count). The number of carbonyl (C=O) groups is 1. The van der Waals surface area contributed by atoms with Gasteiger partial charge in [0.1, 0.15) is 0 Å². The van der Waals surface area contributed by atoms with Crippen LogP contribution in [0.1, 0.15) is 18.1 Å². The minimum Gasteiger partial charge on any atom is -0.338 e. The average molecular weight is 206 g/mol. The van der Waals surface area contributed by atoms with Gasteiger partial charge in [0, 0.05) is 13.1 Å². The predicted molar refractivity (Wildman–Crippen MR) is 61.3 cm³/mol. The van der Waals surface area contributed by atoms with Crippen molar-refractivity contribution in [3.05, 3.63) is 35.4 Å². The Morgan fingerprint density at radius 2 is 1.93 bits per heavy atom. The highest BCUT2D eigenvalue weighted by Crippen LogP contribution is 2.06. The number of amides is 1. The number of likely N-dealkylation sites (N-methyl/N-ethyl adjacent to an activating group) is 1. The largest absolute Gasteiger partial charge is 0.338 e. The molecule has 0 aliphatic heterocycles. The molecular formula is C12H18N2O. The molecule has 0 aliphatic carbocycles. The minimum atomic E-state index is -0.00178. The molecule has 0 radical (unpaired) electrons. The molecule has 1 amide bonds. The Kier molecular flexibility index (Phi) is 4.31. The molecule has 0 fully saturated rings. The van der Waals surface area contributed by atoms with Crippen LogP contribution >= 0.6 is 0 Å². The summed E-state index contributed by atoms with van der Waals surface area (Å²) in [5, 5.41) is 0.